The topological polar surface area (TPSA) is 110 Å². The molecule has 0 aromatic carbocycles. The average molecular weight is 406 g/mol. The summed E-state index contributed by atoms with van der Waals surface area (Å²) in [6, 6.07) is 0. The fraction of sp³-hybridized carbons (Fsp3) is 0.889. The largest absolute Gasteiger partial charge is 0.457 e. The maximum atomic E-state index is 13.4. The Labute approximate surface area is 135 Å². The van der Waals surface area contributed by atoms with E-state index in [1.165, 1.54) is 6.92 Å². The molecule has 0 spiro atoms. The van der Waals surface area contributed by atoms with E-state index in [1.807, 2.05) is 0 Å². The van der Waals surface area contributed by atoms with Gasteiger partial charge in [0.1, 0.15) is 0 Å². The summed E-state index contributed by atoms with van der Waals surface area (Å²) in [5, 5.41) is -4.80. The Kier molecular flexibility index (Phi) is 7.53. The van der Waals surface area contributed by atoms with Gasteiger partial charge in [-0.25, -0.2) is 16.8 Å². The number of nitrogens with one attached hydrogen (secondary N) is 1. The van der Waals surface area contributed by atoms with Crippen molar-refractivity contribution >= 4 is 26.0 Å². The van der Waals surface area contributed by atoms with Crippen molar-refractivity contribution in [1.29, 1.82) is 0 Å². The lowest BCUT2D eigenvalue weighted by molar-refractivity contribution is -0.160. The quantitative estimate of drug-likeness (QED) is 0.420. The lowest BCUT2D eigenvalue weighted by Crippen LogP contribution is -2.46. The van der Waals surface area contributed by atoms with Crippen LogP contribution in [0.1, 0.15) is 6.92 Å². The lowest BCUT2D eigenvalue weighted by atomic mass is 10.4. The van der Waals surface area contributed by atoms with Gasteiger partial charge in [-0.2, -0.15) is 22.0 Å². The Bertz CT molecular complexity index is 646. The first-order valence-corrected chi connectivity index (χ1v) is 9.42. The van der Waals surface area contributed by atoms with Crippen LogP contribution in [0.4, 0.5) is 22.0 Å². The second-order valence-electron chi connectivity index (χ2n) is 4.58. The van der Waals surface area contributed by atoms with Crippen molar-refractivity contribution in [1.82, 2.24) is 9.03 Å². The first-order valence-electron chi connectivity index (χ1n) is 6.05. The Morgan fingerprint density at radius 1 is 1.12 bits per heavy atom. The number of sulfonamides is 2. The van der Waals surface area contributed by atoms with Crippen LogP contribution in [0.3, 0.4) is 0 Å². The van der Waals surface area contributed by atoms with Crippen molar-refractivity contribution < 1.29 is 48.3 Å². The van der Waals surface area contributed by atoms with Crippen LogP contribution in [0.15, 0.2) is 0 Å². The van der Waals surface area contributed by atoms with Gasteiger partial charge in [0.15, 0.2) is 6.61 Å². The van der Waals surface area contributed by atoms with Gasteiger partial charge in [-0.15, -0.1) is 4.13 Å². The van der Waals surface area contributed by atoms with E-state index in [4.69, 9.17) is 0 Å². The highest BCUT2D eigenvalue weighted by molar-refractivity contribution is 8.04. The maximum absolute atomic E-state index is 13.4. The van der Waals surface area contributed by atoms with Gasteiger partial charge in [0.05, 0.1) is 19.3 Å². The number of rotatable bonds is 9. The van der Waals surface area contributed by atoms with Crippen LogP contribution in [-0.4, -0.2) is 71.6 Å². The van der Waals surface area contributed by atoms with E-state index in [9.17, 15) is 43.6 Å². The van der Waals surface area contributed by atoms with Crippen molar-refractivity contribution in [2.75, 3.05) is 32.5 Å². The molecule has 0 amide bonds. The van der Waals surface area contributed by atoms with Crippen LogP contribution in [0.5, 0.6) is 0 Å². The van der Waals surface area contributed by atoms with Crippen LogP contribution in [0, 0.1) is 0 Å². The Balaban J connectivity index is 4.79. The van der Waals surface area contributed by atoms with E-state index < -0.39 is 57.1 Å². The predicted molar refractivity (Wildman–Crippen MR) is 71.0 cm³/mol. The zero-order chi connectivity index (χ0) is 19.4. The molecule has 24 heavy (non-hydrogen) atoms. The molecule has 0 saturated heterocycles. The van der Waals surface area contributed by atoms with E-state index in [-0.39, 0.29) is 6.54 Å². The number of carbonyl (C=O) groups is 1. The maximum Gasteiger partial charge on any atom is 0.401 e. The highest BCUT2D eigenvalue weighted by Crippen LogP contribution is 2.22. The molecule has 0 aromatic heterocycles. The van der Waals surface area contributed by atoms with Gasteiger partial charge >= 0.3 is 17.4 Å². The molecule has 0 aromatic rings. The predicted octanol–water partition coefficient (Wildman–Crippen LogP) is -0.114. The highest BCUT2D eigenvalue weighted by Gasteiger charge is 2.48. The summed E-state index contributed by atoms with van der Waals surface area (Å²) < 4.78 is 112. The number of carbonyl (C=O) groups excluding carboxylic acids is 1. The number of hydrogen-bond acceptors (Lipinski definition) is 7. The molecule has 0 saturated carbocycles. The summed E-state index contributed by atoms with van der Waals surface area (Å²) in [4.78, 5) is 11.8. The smallest absolute Gasteiger partial charge is 0.401 e. The Morgan fingerprint density at radius 2 is 1.62 bits per heavy atom. The molecule has 0 aliphatic rings. The number of halogens is 5. The van der Waals surface area contributed by atoms with Crippen molar-refractivity contribution in [2.45, 2.75) is 18.4 Å². The molecule has 0 aliphatic heterocycles. The summed E-state index contributed by atoms with van der Waals surface area (Å²) in [6.07, 6.45) is -4.33. The van der Waals surface area contributed by atoms with E-state index in [2.05, 4.69) is 4.74 Å². The third kappa shape index (κ3) is 8.70. The molecule has 0 atom stereocenters. The number of hydrogen-bond donors (Lipinski definition) is 1. The molecule has 15 heteroatoms. The molecular formula is C9H15F5N2O6S2. The van der Waals surface area contributed by atoms with Crippen molar-refractivity contribution in [3.63, 3.8) is 0 Å². The van der Waals surface area contributed by atoms with Crippen LogP contribution >= 0.6 is 0 Å². The second kappa shape index (κ2) is 7.88. The summed E-state index contributed by atoms with van der Waals surface area (Å²) in [6.45, 7) is -3.54. The molecule has 0 fully saturated rings. The van der Waals surface area contributed by atoms with Gasteiger partial charge in [-0.3, -0.25) is 9.69 Å². The van der Waals surface area contributed by atoms with Crippen LogP contribution in [-0.2, 0) is 29.6 Å². The highest BCUT2D eigenvalue weighted by atomic mass is 32.3. The van der Waals surface area contributed by atoms with Gasteiger partial charge in [-0.05, 0) is 6.54 Å². The van der Waals surface area contributed by atoms with E-state index in [1.54, 1.807) is 0 Å². The van der Waals surface area contributed by atoms with Gasteiger partial charge in [0, 0.05) is 0 Å². The summed E-state index contributed by atoms with van der Waals surface area (Å²) >= 11 is 0. The summed E-state index contributed by atoms with van der Waals surface area (Å²) in [5.41, 5.74) is 0. The third-order valence-electron chi connectivity index (χ3n) is 2.26. The molecule has 0 aliphatic carbocycles. The van der Waals surface area contributed by atoms with Crippen molar-refractivity contribution in [2.24, 2.45) is 0 Å². The normalized spacial score (nSPS) is 14.0. The van der Waals surface area contributed by atoms with Gasteiger partial charge < -0.3 is 4.74 Å². The summed E-state index contributed by atoms with van der Waals surface area (Å²) in [7, 11) is -10.3. The molecule has 8 nitrogen and oxygen atoms in total. The van der Waals surface area contributed by atoms with E-state index in [0.29, 0.717) is 15.3 Å². The number of likely N-dealkylation sites (N-methyl/N-ethyl adjacent to an activating group) is 1. The van der Waals surface area contributed by atoms with Crippen molar-refractivity contribution in [3.05, 3.63) is 0 Å². The molecule has 0 radical (unpaired) electrons. The number of ether oxygens (including phenoxy) is 1. The van der Waals surface area contributed by atoms with Crippen LogP contribution in [0.25, 0.3) is 0 Å². The average Bonchev–Trinajstić information content (AvgIpc) is 2.30. The zero-order valence-electron chi connectivity index (χ0n) is 12.4. The molecular weight excluding hydrogens is 391 g/mol. The molecule has 0 rings (SSSR count). The van der Waals surface area contributed by atoms with Gasteiger partial charge in [0.2, 0.25) is 10.0 Å². The van der Waals surface area contributed by atoms with Crippen molar-refractivity contribution in [3.8, 4) is 0 Å². The van der Waals surface area contributed by atoms with Crippen LogP contribution in [0.2, 0.25) is 0 Å². The zero-order valence-corrected chi connectivity index (χ0v) is 14.1. The van der Waals surface area contributed by atoms with Gasteiger partial charge in [0.25, 0.3) is 10.0 Å². The first-order chi connectivity index (χ1) is 10.5. The fourth-order valence-electron chi connectivity index (χ4n) is 1.26. The Morgan fingerprint density at radius 3 is 2.00 bits per heavy atom. The third-order valence-corrected chi connectivity index (χ3v) is 5.25. The fourth-order valence-corrected chi connectivity index (χ4v) is 3.56. The molecule has 0 unspecified atom stereocenters. The van der Waals surface area contributed by atoms with E-state index in [0.717, 1.165) is 0 Å². The molecule has 0 bridgehead atoms. The van der Waals surface area contributed by atoms with Crippen LogP contribution < -0.4 is 4.13 Å². The number of nitrogens with zero attached hydrogens (tertiary/aromatic N) is 1. The standard InChI is InChI=1S/C9H15F5N2O6S2/c1-3-16(5-8(10,11)12)4-7(17)22-6-9(13,14)24(20,21)15-23(2,18)19/h15H,3-6H2,1-2H3. The Hall–Kier alpha value is -1.06. The minimum Gasteiger partial charge on any atom is -0.457 e. The minimum atomic E-state index is -5.72. The SMILES string of the molecule is CCN(CC(=O)OCC(F)(F)S(=O)(=O)NS(C)(=O)=O)CC(F)(F)F. The minimum absolute atomic E-state index is 0.251. The molecule has 0 heterocycles. The molecule has 1 N–H and O–H groups in total. The van der Waals surface area contributed by atoms with E-state index >= 15 is 0 Å². The second-order valence-corrected chi connectivity index (χ2v) is 8.39. The lowest BCUT2D eigenvalue weighted by Gasteiger charge is -2.21. The van der Waals surface area contributed by atoms with Gasteiger partial charge in [-0.1, -0.05) is 6.92 Å². The number of esters is 1. The number of alkyl halides is 5. The monoisotopic (exact) mass is 406 g/mol. The first kappa shape index (κ1) is 22.9. The molecule has 144 valence electrons. The summed E-state index contributed by atoms with van der Waals surface area (Å²) in [5.74, 6) is -1.53.